The van der Waals surface area contributed by atoms with Crippen LogP contribution < -0.4 is 0 Å². The van der Waals surface area contributed by atoms with E-state index in [1.165, 1.54) is 0 Å². The summed E-state index contributed by atoms with van der Waals surface area (Å²) in [5.41, 5.74) is 6.24. The average molecular weight is 336 g/mol. The highest BCUT2D eigenvalue weighted by Crippen LogP contribution is 2.37. The largest absolute Gasteiger partial charge is 0.508 e. The monoisotopic (exact) mass is 336 g/mol. The smallest absolute Gasteiger partial charge is 0.167 e. The van der Waals surface area contributed by atoms with Gasteiger partial charge in [-0.15, -0.1) is 0 Å². The van der Waals surface area contributed by atoms with Gasteiger partial charge in [-0.1, -0.05) is 66.7 Å². The summed E-state index contributed by atoms with van der Waals surface area (Å²) in [4.78, 5) is 12.5. The van der Waals surface area contributed by atoms with Crippen LogP contribution >= 0.6 is 0 Å². The van der Waals surface area contributed by atoms with Gasteiger partial charge in [0.1, 0.15) is 5.75 Å². The Balaban J connectivity index is 1.71. The molecule has 0 atom stereocenters. The third-order valence-electron chi connectivity index (χ3n) is 5.15. The lowest BCUT2D eigenvalue weighted by Crippen LogP contribution is -2.12. The number of carbonyl (C=O) groups is 1. The van der Waals surface area contributed by atoms with Crippen LogP contribution in [0, 0.1) is 0 Å². The third kappa shape index (κ3) is 2.23. The maximum Gasteiger partial charge on any atom is 0.167 e. The van der Waals surface area contributed by atoms with E-state index in [4.69, 9.17) is 0 Å². The Labute approximate surface area is 151 Å². The van der Waals surface area contributed by atoms with Crippen LogP contribution in [0.15, 0.2) is 78.9 Å². The SMILES string of the molecule is O=C1Cc2cc(-c3cccc4cc(O)ccc34)ccc2-c2ccccc21. The molecule has 0 heterocycles. The number of Topliss-reactive ketones (excluding diaryl/α,β-unsaturated/α-hetero) is 1. The number of hydrogen-bond donors (Lipinski definition) is 1. The second kappa shape index (κ2) is 5.57. The van der Waals surface area contributed by atoms with Crippen LogP contribution in [0.1, 0.15) is 15.9 Å². The summed E-state index contributed by atoms with van der Waals surface area (Å²) in [7, 11) is 0. The van der Waals surface area contributed by atoms with Crippen LogP contribution in [-0.4, -0.2) is 10.9 Å². The third-order valence-corrected chi connectivity index (χ3v) is 5.15. The standard InChI is InChI=1S/C24H16O2/c25-18-9-11-20-15(13-18)4-3-7-19(20)16-8-10-21-17(12-16)14-24(26)23-6-2-1-5-22(21)23/h1-13,25H,14H2. The maximum absolute atomic E-state index is 12.5. The molecule has 2 heteroatoms. The molecule has 1 aliphatic carbocycles. The second-order valence-electron chi connectivity index (χ2n) is 6.73. The molecule has 0 spiro atoms. The molecule has 0 unspecified atom stereocenters. The molecule has 5 rings (SSSR count). The normalized spacial score (nSPS) is 12.7. The van der Waals surface area contributed by atoms with Gasteiger partial charge in [-0.25, -0.2) is 0 Å². The summed E-state index contributed by atoms with van der Waals surface area (Å²) in [6.07, 6.45) is 0.436. The van der Waals surface area contributed by atoms with Crippen molar-refractivity contribution in [2.45, 2.75) is 6.42 Å². The molecule has 0 saturated carbocycles. The van der Waals surface area contributed by atoms with Gasteiger partial charge < -0.3 is 5.11 Å². The zero-order chi connectivity index (χ0) is 17.7. The van der Waals surface area contributed by atoms with E-state index in [2.05, 4.69) is 24.3 Å². The van der Waals surface area contributed by atoms with Crippen molar-refractivity contribution in [2.24, 2.45) is 0 Å². The van der Waals surface area contributed by atoms with Crippen molar-refractivity contribution in [3.05, 3.63) is 90.0 Å². The van der Waals surface area contributed by atoms with Gasteiger partial charge in [0.2, 0.25) is 0 Å². The van der Waals surface area contributed by atoms with Gasteiger partial charge in [0.15, 0.2) is 5.78 Å². The lowest BCUT2D eigenvalue weighted by Gasteiger charge is -2.20. The zero-order valence-corrected chi connectivity index (χ0v) is 14.1. The number of carbonyl (C=O) groups excluding carboxylic acids is 1. The number of rotatable bonds is 1. The molecule has 0 aliphatic heterocycles. The van der Waals surface area contributed by atoms with Gasteiger partial charge in [0.05, 0.1) is 0 Å². The molecule has 0 saturated heterocycles. The quantitative estimate of drug-likeness (QED) is 0.490. The lowest BCUT2D eigenvalue weighted by molar-refractivity contribution is 0.0992. The van der Waals surface area contributed by atoms with E-state index in [0.29, 0.717) is 6.42 Å². The number of phenolic OH excluding ortho intramolecular Hbond substituents is 1. The predicted octanol–water partition coefficient (Wildman–Crippen LogP) is 5.62. The molecule has 1 aliphatic rings. The predicted molar refractivity (Wildman–Crippen MR) is 105 cm³/mol. The minimum absolute atomic E-state index is 0.174. The molecule has 4 aromatic rings. The Morgan fingerprint density at radius 1 is 0.692 bits per heavy atom. The number of aromatic hydroxyl groups is 1. The van der Waals surface area contributed by atoms with E-state index in [1.54, 1.807) is 12.1 Å². The van der Waals surface area contributed by atoms with Crippen LogP contribution in [0.25, 0.3) is 33.0 Å². The fraction of sp³-hybridized carbons (Fsp3) is 0.0417. The average Bonchev–Trinajstić information content (AvgIpc) is 2.67. The maximum atomic E-state index is 12.5. The van der Waals surface area contributed by atoms with Crippen molar-refractivity contribution in [2.75, 3.05) is 0 Å². The number of phenols is 1. The summed E-state index contributed by atoms with van der Waals surface area (Å²) in [6, 6.07) is 25.7. The van der Waals surface area contributed by atoms with Crippen LogP contribution in [0.5, 0.6) is 5.75 Å². The Bertz CT molecular complexity index is 1190. The first kappa shape index (κ1) is 14.9. The zero-order valence-electron chi connectivity index (χ0n) is 14.1. The molecule has 1 N–H and O–H groups in total. The first-order chi connectivity index (χ1) is 12.7. The van der Waals surface area contributed by atoms with E-state index in [-0.39, 0.29) is 11.5 Å². The molecule has 0 fully saturated rings. The Kier molecular flexibility index (Phi) is 3.19. The van der Waals surface area contributed by atoms with Crippen molar-refractivity contribution in [1.82, 2.24) is 0 Å². The summed E-state index contributed by atoms with van der Waals surface area (Å²) in [6.45, 7) is 0. The van der Waals surface area contributed by atoms with Gasteiger partial charge in [0, 0.05) is 12.0 Å². The fourth-order valence-corrected chi connectivity index (χ4v) is 3.92. The Hall–Kier alpha value is -3.39. The molecule has 0 aromatic heterocycles. The minimum atomic E-state index is 0.174. The Morgan fingerprint density at radius 2 is 1.50 bits per heavy atom. The molecular formula is C24H16O2. The number of ketones is 1. The van der Waals surface area contributed by atoms with Crippen LogP contribution in [-0.2, 0) is 6.42 Å². The van der Waals surface area contributed by atoms with Crippen LogP contribution in [0.4, 0.5) is 0 Å². The molecule has 2 nitrogen and oxygen atoms in total. The first-order valence-electron chi connectivity index (χ1n) is 8.68. The molecular weight excluding hydrogens is 320 g/mol. The van der Waals surface area contributed by atoms with E-state index in [0.717, 1.165) is 44.2 Å². The summed E-state index contributed by atoms with van der Waals surface area (Å²) >= 11 is 0. The van der Waals surface area contributed by atoms with Crippen molar-refractivity contribution in [3.8, 4) is 28.0 Å². The molecule has 0 bridgehead atoms. The lowest BCUT2D eigenvalue weighted by atomic mass is 9.83. The highest BCUT2D eigenvalue weighted by atomic mass is 16.3. The minimum Gasteiger partial charge on any atom is -0.508 e. The van der Waals surface area contributed by atoms with Gasteiger partial charge in [0.25, 0.3) is 0 Å². The summed E-state index contributed by atoms with van der Waals surface area (Å²) in [5, 5.41) is 11.8. The molecule has 26 heavy (non-hydrogen) atoms. The van der Waals surface area contributed by atoms with Gasteiger partial charge in [-0.3, -0.25) is 4.79 Å². The summed E-state index contributed by atoms with van der Waals surface area (Å²) < 4.78 is 0. The van der Waals surface area contributed by atoms with Gasteiger partial charge >= 0.3 is 0 Å². The van der Waals surface area contributed by atoms with Crippen molar-refractivity contribution in [3.63, 3.8) is 0 Å². The fourth-order valence-electron chi connectivity index (χ4n) is 3.92. The van der Waals surface area contributed by atoms with E-state index in [1.807, 2.05) is 42.5 Å². The number of hydrogen-bond acceptors (Lipinski definition) is 2. The molecule has 4 aromatic carbocycles. The van der Waals surface area contributed by atoms with E-state index < -0.39 is 0 Å². The number of benzene rings is 4. The summed E-state index contributed by atoms with van der Waals surface area (Å²) in [5.74, 6) is 0.440. The van der Waals surface area contributed by atoms with Crippen molar-refractivity contribution in [1.29, 1.82) is 0 Å². The highest BCUT2D eigenvalue weighted by molar-refractivity contribution is 6.08. The Morgan fingerprint density at radius 3 is 2.38 bits per heavy atom. The number of fused-ring (bicyclic) bond motifs is 4. The van der Waals surface area contributed by atoms with Gasteiger partial charge in [-0.2, -0.15) is 0 Å². The first-order valence-corrected chi connectivity index (χ1v) is 8.68. The van der Waals surface area contributed by atoms with Gasteiger partial charge in [-0.05, 0) is 50.7 Å². The van der Waals surface area contributed by atoms with E-state index in [9.17, 15) is 9.90 Å². The van der Waals surface area contributed by atoms with Crippen molar-refractivity contribution < 1.29 is 9.90 Å². The van der Waals surface area contributed by atoms with E-state index >= 15 is 0 Å². The highest BCUT2D eigenvalue weighted by Gasteiger charge is 2.22. The van der Waals surface area contributed by atoms with Crippen molar-refractivity contribution >= 4 is 16.6 Å². The second-order valence-corrected chi connectivity index (χ2v) is 6.73. The molecule has 124 valence electrons. The topological polar surface area (TPSA) is 37.3 Å². The molecule has 0 radical (unpaired) electrons. The van der Waals surface area contributed by atoms with Crippen LogP contribution in [0.3, 0.4) is 0 Å². The van der Waals surface area contributed by atoms with Crippen LogP contribution in [0.2, 0.25) is 0 Å². The molecule has 0 amide bonds.